The maximum atomic E-state index is 13.8. The molecule has 3 aliphatic carbocycles. The zero-order valence-electron chi connectivity index (χ0n) is 17.6. The molecule has 4 aliphatic rings. The number of ketones is 2. The van der Waals surface area contributed by atoms with Gasteiger partial charge in [0, 0.05) is 24.2 Å². The van der Waals surface area contributed by atoms with Gasteiger partial charge >= 0.3 is 0 Å². The number of aliphatic hydroxyl groups excluding tert-OH is 2. The Kier molecular flexibility index (Phi) is 3.99. The molecule has 8 atom stereocenters. The third kappa shape index (κ3) is 1.89. The minimum absolute atomic E-state index is 0.0319. The first-order valence-corrected chi connectivity index (χ1v) is 10.2. The first-order valence-electron chi connectivity index (χ1n) is 10.2. The fourth-order valence-corrected chi connectivity index (χ4v) is 7.12. The van der Waals surface area contributed by atoms with Crippen LogP contribution in [-0.2, 0) is 14.3 Å². The first-order chi connectivity index (χ1) is 12.8. The predicted octanol–water partition coefficient (Wildman–Crippen LogP) is 1.40. The molecule has 1 heterocycles. The van der Waals surface area contributed by atoms with Gasteiger partial charge in [-0.15, -0.1) is 0 Å². The van der Waals surface area contributed by atoms with Crippen molar-refractivity contribution in [3.63, 3.8) is 0 Å². The Morgan fingerprint density at radius 3 is 2.25 bits per heavy atom. The molecule has 0 aromatic heterocycles. The average molecular weight is 392 g/mol. The maximum absolute atomic E-state index is 13.8. The van der Waals surface area contributed by atoms with Crippen molar-refractivity contribution in [3.05, 3.63) is 11.1 Å². The molecule has 4 rings (SSSR count). The molecule has 0 aromatic carbocycles. The number of carbonyl (C=O) groups excluding carboxylic acids is 2. The monoisotopic (exact) mass is 392 g/mol. The highest BCUT2D eigenvalue weighted by atomic mass is 16.5. The van der Waals surface area contributed by atoms with Crippen LogP contribution in [0.1, 0.15) is 54.4 Å². The number of ether oxygens (including phenoxy) is 1. The molecular formula is C22H32O6. The number of allylic oxidation sites excluding steroid dienone is 1. The Morgan fingerprint density at radius 2 is 1.71 bits per heavy atom. The molecule has 2 saturated carbocycles. The molecule has 156 valence electrons. The van der Waals surface area contributed by atoms with Gasteiger partial charge in [-0.2, -0.15) is 0 Å². The Bertz CT molecular complexity index is 799. The number of Topliss-reactive ketones (excluding diaryl/α,β-unsaturated/α-hetero) is 2. The van der Waals surface area contributed by atoms with E-state index in [2.05, 4.69) is 0 Å². The van der Waals surface area contributed by atoms with Crippen LogP contribution in [0.4, 0.5) is 0 Å². The van der Waals surface area contributed by atoms with Crippen molar-refractivity contribution in [3.8, 4) is 0 Å². The van der Waals surface area contributed by atoms with Gasteiger partial charge in [-0.05, 0) is 36.3 Å². The van der Waals surface area contributed by atoms with Crippen LogP contribution in [0.2, 0.25) is 0 Å². The highest BCUT2D eigenvalue weighted by Crippen LogP contribution is 2.68. The molecule has 3 N–H and O–H groups in total. The van der Waals surface area contributed by atoms with Crippen LogP contribution < -0.4 is 0 Å². The summed E-state index contributed by atoms with van der Waals surface area (Å²) in [4.78, 5) is 26.6. The van der Waals surface area contributed by atoms with Crippen LogP contribution >= 0.6 is 0 Å². The number of rotatable bonds is 0. The summed E-state index contributed by atoms with van der Waals surface area (Å²) in [5, 5.41) is 34.3. The summed E-state index contributed by atoms with van der Waals surface area (Å²) in [7, 11) is 0. The first kappa shape index (κ1) is 20.2. The molecule has 6 heteroatoms. The SMILES string of the molecule is CC1=C2[C@@H](O)C(=O)[C@]3(C)[C@@H](O)C[C@H]4OC[C@H]4[C@@]3(C)[C@H](C)C(O)(CC1=O)C2(C)C. The van der Waals surface area contributed by atoms with Crippen LogP contribution in [0.15, 0.2) is 11.1 Å². The normalized spacial score (nSPS) is 53.0. The lowest BCUT2D eigenvalue weighted by Crippen LogP contribution is -2.76. The Hall–Kier alpha value is -1.08. The summed E-state index contributed by atoms with van der Waals surface area (Å²) in [5.74, 6) is -1.20. The molecule has 1 unspecified atom stereocenters. The smallest absolute Gasteiger partial charge is 0.174 e. The highest BCUT2D eigenvalue weighted by molar-refractivity contribution is 6.02. The van der Waals surface area contributed by atoms with Crippen molar-refractivity contribution in [2.45, 2.75) is 78.3 Å². The minimum atomic E-state index is -1.53. The van der Waals surface area contributed by atoms with Gasteiger partial charge in [-0.25, -0.2) is 0 Å². The van der Waals surface area contributed by atoms with E-state index in [1.165, 1.54) is 0 Å². The Morgan fingerprint density at radius 1 is 1.11 bits per heavy atom. The van der Waals surface area contributed by atoms with Crippen LogP contribution in [0.3, 0.4) is 0 Å². The van der Waals surface area contributed by atoms with Crippen molar-refractivity contribution in [2.75, 3.05) is 6.61 Å². The van der Waals surface area contributed by atoms with Crippen LogP contribution in [0.25, 0.3) is 0 Å². The molecule has 1 saturated heterocycles. The fourth-order valence-electron chi connectivity index (χ4n) is 7.12. The summed E-state index contributed by atoms with van der Waals surface area (Å²) in [6.07, 6.45) is -2.43. The lowest BCUT2D eigenvalue weighted by molar-refractivity contribution is -0.295. The van der Waals surface area contributed by atoms with Crippen LogP contribution in [0.5, 0.6) is 0 Å². The number of hydrogen-bond acceptors (Lipinski definition) is 6. The van der Waals surface area contributed by atoms with E-state index in [0.29, 0.717) is 24.2 Å². The van der Waals surface area contributed by atoms with E-state index in [-0.39, 0.29) is 24.2 Å². The Labute approximate surface area is 166 Å². The summed E-state index contributed by atoms with van der Waals surface area (Å²) in [6, 6.07) is 0. The van der Waals surface area contributed by atoms with Gasteiger partial charge in [0.2, 0.25) is 0 Å². The molecule has 1 aliphatic heterocycles. The van der Waals surface area contributed by atoms with Crippen molar-refractivity contribution < 1.29 is 29.6 Å². The summed E-state index contributed by atoms with van der Waals surface area (Å²) >= 11 is 0. The van der Waals surface area contributed by atoms with Crippen molar-refractivity contribution in [1.82, 2.24) is 0 Å². The van der Waals surface area contributed by atoms with Gasteiger partial charge in [-0.1, -0.05) is 27.7 Å². The van der Waals surface area contributed by atoms with Crippen LogP contribution in [-0.4, -0.2) is 57.4 Å². The zero-order valence-corrected chi connectivity index (χ0v) is 17.6. The number of hydrogen-bond donors (Lipinski definition) is 3. The van der Waals surface area contributed by atoms with E-state index in [1.807, 2.05) is 27.7 Å². The highest BCUT2D eigenvalue weighted by Gasteiger charge is 2.74. The second kappa shape index (κ2) is 5.54. The summed E-state index contributed by atoms with van der Waals surface area (Å²) in [6.45, 7) is 11.2. The average Bonchev–Trinajstić information content (AvgIpc) is 2.59. The Balaban J connectivity index is 2.05. The van der Waals surface area contributed by atoms with Gasteiger partial charge in [0.1, 0.15) is 6.10 Å². The van der Waals surface area contributed by atoms with Crippen molar-refractivity contribution >= 4 is 11.6 Å². The van der Waals surface area contributed by atoms with Gasteiger partial charge in [-0.3, -0.25) is 9.59 Å². The molecule has 0 spiro atoms. The molecule has 0 amide bonds. The van der Waals surface area contributed by atoms with E-state index >= 15 is 0 Å². The van der Waals surface area contributed by atoms with Crippen molar-refractivity contribution in [1.29, 1.82) is 0 Å². The third-order valence-corrected chi connectivity index (χ3v) is 9.61. The molecule has 0 aromatic rings. The standard InChI is InChI=1S/C22H32O6/c1-10-13(23)8-22(27)11(2)20(5)12-9-28-14(12)7-15(24)21(20,6)18(26)17(25)16(10)19(22,3)4/h11-12,14-15,17,24-25,27H,7-9H2,1-6H3/t11-,12+,14+,15-,17+,20+,21-,22?/m0/s1. The molecule has 28 heavy (non-hydrogen) atoms. The molecular weight excluding hydrogens is 360 g/mol. The van der Waals surface area contributed by atoms with Crippen molar-refractivity contribution in [2.24, 2.45) is 28.1 Å². The molecule has 6 nitrogen and oxygen atoms in total. The molecule has 0 radical (unpaired) electrons. The number of carbonyl (C=O) groups is 2. The minimum Gasteiger partial charge on any atom is -0.392 e. The lowest BCUT2D eigenvalue weighted by atomic mass is 9.38. The van der Waals surface area contributed by atoms with Crippen LogP contribution in [0, 0.1) is 28.1 Å². The zero-order chi connectivity index (χ0) is 21.0. The maximum Gasteiger partial charge on any atom is 0.174 e. The summed E-state index contributed by atoms with van der Waals surface area (Å²) in [5.41, 5.74) is -3.86. The molecule has 2 bridgehead atoms. The fraction of sp³-hybridized carbons (Fsp3) is 0.818. The third-order valence-electron chi connectivity index (χ3n) is 9.61. The number of fused-ring (bicyclic) bond motifs is 5. The second-order valence-corrected chi connectivity index (χ2v) is 10.4. The van der Waals surface area contributed by atoms with Gasteiger partial charge in [0.25, 0.3) is 0 Å². The second-order valence-electron chi connectivity index (χ2n) is 10.4. The lowest BCUT2D eigenvalue weighted by Gasteiger charge is -2.69. The largest absolute Gasteiger partial charge is 0.392 e. The van der Waals surface area contributed by atoms with Gasteiger partial charge in [0.15, 0.2) is 11.6 Å². The van der Waals surface area contributed by atoms with Gasteiger partial charge in [0.05, 0.1) is 29.8 Å². The van der Waals surface area contributed by atoms with E-state index < -0.39 is 45.8 Å². The van der Waals surface area contributed by atoms with E-state index in [0.717, 1.165) is 0 Å². The van der Waals surface area contributed by atoms with E-state index in [9.17, 15) is 24.9 Å². The topological polar surface area (TPSA) is 104 Å². The van der Waals surface area contributed by atoms with E-state index in [4.69, 9.17) is 4.74 Å². The quantitative estimate of drug-likeness (QED) is 0.576. The number of aliphatic hydroxyl groups is 3. The van der Waals surface area contributed by atoms with E-state index in [1.54, 1.807) is 13.8 Å². The predicted molar refractivity (Wildman–Crippen MR) is 101 cm³/mol. The molecule has 3 fully saturated rings. The summed E-state index contributed by atoms with van der Waals surface area (Å²) < 4.78 is 5.68. The van der Waals surface area contributed by atoms with Gasteiger partial charge < -0.3 is 20.1 Å².